The zero-order valence-electron chi connectivity index (χ0n) is 14.3. The van der Waals surface area contributed by atoms with E-state index in [4.69, 9.17) is 9.97 Å². The zero-order valence-corrected chi connectivity index (χ0v) is 16.5. The number of para-hydroxylation sites is 1. The smallest absolute Gasteiger partial charge is 0.225 e. The molecule has 0 amide bonds. The van der Waals surface area contributed by atoms with Crippen LogP contribution >= 0.6 is 22.6 Å². The molecular formula is C20H20IN5. The second-order valence-corrected chi connectivity index (χ2v) is 7.57. The van der Waals surface area contributed by atoms with Crippen molar-refractivity contribution in [3.63, 3.8) is 0 Å². The first-order chi connectivity index (χ1) is 12.8. The van der Waals surface area contributed by atoms with Gasteiger partial charge < -0.3 is 10.6 Å². The van der Waals surface area contributed by atoms with E-state index in [2.05, 4.69) is 44.3 Å². The number of rotatable bonds is 5. The number of anilines is 3. The van der Waals surface area contributed by atoms with Crippen LogP contribution in [-0.2, 0) is 0 Å². The average molecular weight is 457 g/mol. The van der Waals surface area contributed by atoms with Crippen molar-refractivity contribution in [3.05, 3.63) is 58.3 Å². The lowest BCUT2D eigenvalue weighted by atomic mass is 10.2. The van der Waals surface area contributed by atoms with Crippen molar-refractivity contribution < 1.29 is 0 Å². The Kier molecular flexibility index (Phi) is 5.29. The zero-order chi connectivity index (χ0) is 17.8. The summed E-state index contributed by atoms with van der Waals surface area (Å²) < 4.78 is 1.15. The van der Waals surface area contributed by atoms with E-state index in [9.17, 15) is 0 Å². The van der Waals surface area contributed by atoms with Gasteiger partial charge in [0, 0.05) is 21.9 Å². The highest BCUT2D eigenvalue weighted by atomic mass is 127. The first-order valence-corrected chi connectivity index (χ1v) is 9.94. The highest BCUT2D eigenvalue weighted by Gasteiger charge is 2.17. The van der Waals surface area contributed by atoms with Crippen LogP contribution in [0.5, 0.6) is 0 Å². The summed E-state index contributed by atoms with van der Waals surface area (Å²) in [6.07, 6.45) is 6.68. The van der Waals surface area contributed by atoms with E-state index in [-0.39, 0.29) is 0 Å². The minimum Gasteiger partial charge on any atom is -0.351 e. The van der Waals surface area contributed by atoms with Gasteiger partial charge >= 0.3 is 0 Å². The van der Waals surface area contributed by atoms with E-state index in [0.717, 1.165) is 26.5 Å². The summed E-state index contributed by atoms with van der Waals surface area (Å²) in [6.45, 7) is 0. The Morgan fingerprint density at radius 2 is 1.73 bits per heavy atom. The minimum atomic E-state index is 0.457. The molecule has 0 unspecified atom stereocenters. The van der Waals surface area contributed by atoms with Crippen LogP contribution in [0.4, 0.5) is 17.5 Å². The second kappa shape index (κ2) is 7.99. The van der Waals surface area contributed by atoms with Crippen LogP contribution in [0.25, 0.3) is 11.4 Å². The SMILES string of the molecule is Ic1ccccc1Nc1cc(-c2ccccn2)nc(NC2CCCC2)n1. The summed E-state index contributed by atoms with van der Waals surface area (Å²) in [5, 5.41) is 6.92. The number of hydrogen-bond donors (Lipinski definition) is 2. The fourth-order valence-corrected chi connectivity index (χ4v) is 3.70. The van der Waals surface area contributed by atoms with E-state index in [0.29, 0.717) is 12.0 Å². The lowest BCUT2D eigenvalue weighted by Gasteiger charge is -2.15. The largest absolute Gasteiger partial charge is 0.351 e. The third kappa shape index (κ3) is 4.12. The highest BCUT2D eigenvalue weighted by molar-refractivity contribution is 14.1. The van der Waals surface area contributed by atoms with Crippen LogP contribution < -0.4 is 10.6 Å². The summed E-state index contributed by atoms with van der Waals surface area (Å²) in [7, 11) is 0. The van der Waals surface area contributed by atoms with Gasteiger partial charge in [0.05, 0.1) is 17.1 Å². The molecule has 1 aromatic carbocycles. The summed E-state index contributed by atoms with van der Waals surface area (Å²) in [5.74, 6) is 1.43. The molecule has 0 aliphatic heterocycles. The molecule has 2 N–H and O–H groups in total. The molecule has 1 aliphatic carbocycles. The fourth-order valence-electron chi connectivity index (χ4n) is 3.17. The predicted octanol–water partition coefficient (Wildman–Crippen LogP) is 5.24. The summed E-state index contributed by atoms with van der Waals surface area (Å²) >= 11 is 2.32. The summed E-state index contributed by atoms with van der Waals surface area (Å²) in [4.78, 5) is 13.8. The van der Waals surface area contributed by atoms with Crippen LogP contribution in [0.15, 0.2) is 54.7 Å². The molecule has 1 fully saturated rings. The minimum absolute atomic E-state index is 0.457. The molecule has 6 heteroatoms. The molecule has 0 saturated heterocycles. The molecule has 5 nitrogen and oxygen atoms in total. The lowest BCUT2D eigenvalue weighted by Crippen LogP contribution is -2.17. The lowest BCUT2D eigenvalue weighted by molar-refractivity contribution is 0.744. The summed E-state index contributed by atoms with van der Waals surface area (Å²) in [6, 6.07) is 16.4. The number of pyridine rings is 1. The third-order valence-corrected chi connectivity index (χ3v) is 5.42. The van der Waals surface area contributed by atoms with Gasteiger partial charge in [0.25, 0.3) is 0 Å². The van der Waals surface area contributed by atoms with E-state index in [1.54, 1.807) is 6.20 Å². The van der Waals surface area contributed by atoms with Gasteiger partial charge in [-0.3, -0.25) is 4.98 Å². The van der Waals surface area contributed by atoms with Crippen molar-refractivity contribution >= 4 is 40.0 Å². The van der Waals surface area contributed by atoms with Crippen LogP contribution in [0.1, 0.15) is 25.7 Å². The van der Waals surface area contributed by atoms with E-state index >= 15 is 0 Å². The van der Waals surface area contributed by atoms with Crippen LogP contribution in [0.2, 0.25) is 0 Å². The standard InChI is InChI=1S/C20H20IN5/c21-15-9-3-4-10-16(15)24-19-13-18(17-11-5-6-12-22-17)25-20(26-19)23-14-7-1-2-8-14/h3-6,9-14H,1-2,7-8H2,(H2,23,24,25,26). The molecule has 0 radical (unpaired) electrons. The molecule has 26 heavy (non-hydrogen) atoms. The molecule has 0 spiro atoms. The topological polar surface area (TPSA) is 62.7 Å². The second-order valence-electron chi connectivity index (χ2n) is 6.41. The Labute approximate surface area is 166 Å². The number of halogens is 1. The Morgan fingerprint density at radius 1 is 0.923 bits per heavy atom. The van der Waals surface area contributed by atoms with Crippen LogP contribution in [-0.4, -0.2) is 21.0 Å². The van der Waals surface area contributed by atoms with E-state index in [1.807, 2.05) is 42.5 Å². The fraction of sp³-hybridized carbons (Fsp3) is 0.250. The van der Waals surface area contributed by atoms with Gasteiger partial charge in [0.2, 0.25) is 5.95 Å². The molecule has 2 heterocycles. The van der Waals surface area contributed by atoms with Gasteiger partial charge in [-0.1, -0.05) is 31.0 Å². The van der Waals surface area contributed by atoms with Crippen LogP contribution in [0.3, 0.4) is 0 Å². The quantitative estimate of drug-likeness (QED) is 0.513. The van der Waals surface area contributed by atoms with Crippen molar-refractivity contribution in [2.24, 2.45) is 0 Å². The molecule has 3 aromatic rings. The number of aromatic nitrogens is 3. The molecule has 1 saturated carbocycles. The van der Waals surface area contributed by atoms with Crippen molar-refractivity contribution in [1.82, 2.24) is 15.0 Å². The van der Waals surface area contributed by atoms with Gasteiger partial charge in [-0.05, 0) is 59.7 Å². The van der Waals surface area contributed by atoms with Crippen LogP contribution in [0, 0.1) is 3.57 Å². The number of nitrogens with one attached hydrogen (secondary N) is 2. The van der Waals surface area contributed by atoms with Crippen molar-refractivity contribution in [2.75, 3.05) is 10.6 Å². The number of benzene rings is 1. The molecule has 132 valence electrons. The predicted molar refractivity (Wildman–Crippen MR) is 114 cm³/mol. The van der Waals surface area contributed by atoms with Gasteiger partial charge in [-0.15, -0.1) is 0 Å². The normalized spacial score (nSPS) is 14.3. The number of nitrogens with zero attached hydrogens (tertiary/aromatic N) is 3. The Balaban J connectivity index is 1.68. The van der Waals surface area contributed by atoms with Crippen molar-refractivity contribution in [2.45, 2.75) is 31.7 Å². The van der Waals surface area contributed by atoms with E-state index in [1.165, 1.54) is 25.7 Å². The summed E-state index contributed by atoms with van der Waals surface area (Å²) in [5.41, 5.74) is 2.69. The molecular weight excluding hydrogens is 437 g/mol. The first-order valence-electron chi connectivity index (χ1n) is 8.86. The maximum absolute atomic E-state index is 4.70. The molecule has 4 rings (SSSR count). The van der Waals surface area contributed by atoms with Gasteiger partial charge in [-0.25, -0.2) is 4.98 Å². The third-order valence-electron chi connectivity index (χ3n) is 4.48. The monoisotopic (exact) mass is 457 g/mol. The molecule has 0 bridgehead atoms. The first kappa shape index (κ1) is 17.2. The molecule has 2 aromatic heterocycles. The Bertz CT molecular complexity index is 878. The highest BCUT2D eigenvalue weighted by Crippen LogP contribution is 2.27. The van der Waals surface area contributed by atoms with Crippen molar-refractivity contribution in [1.29, 1.82) is 0 Å². The molecule has 1 aliphatic rings. The van der Waals surface area contributed by atoms with Gasteiger partial charge in [0.15, 0.2) is 0 Å². The van der Waals surface area contributed by atoms with E-state index < -0.39 is 0 Å². The van der Waals surface area contributed by atoms with Gasteiger partial charge in [0.1, 0.15) is 5.82 Å². The Morgan fingerprint density at radius 3 is 2.50 bits per heavy atom. The number of hydrogen-bond acceptors (Lipinski definition) is 5. The average Bonchev–Trinajstić information content (AvgIpc) is 3.17. The Hall–Kier alpha value is -2.22. The van der Waals surface area contributed by atoms with Gasteiger partial charge in [-0.2, -0.15) is 4.98 Å². The maximum atomic E-state index is 4.70. The molecule has 0 atom stereocenters. The maximum Gasteiger partial charge on any atom is 0.225 e. The van der Waals surface area contributed by atoms with Crippen molar-refractivity contribution in [3.8, 4) is 11.4 Å².